The van der Waals surface area contributed by atoms with Gasteiger partial charge in [-0.1, -0.05) is 60.7 Å². The third kappa shape index (κ3) is 5.69. The number of anilines is 1. The summed E-state index contributed by atoms with van der Waals surface area (Å²) in [5, 5.41) is 0. The second-order valence-electron chi connectivity index (χ2n) is 7.96. The van der Waals surface area contributed by atoms with Crippen molar-refractivity contribution in [1.82, 2.24) is 4.90 Å². The smallest absolute Gasteiger partial charge is 0.243 e. The van der Waals surface area contributed by atoms with E-state index in [0.717, 1.165) is 15.4 Å². The average Bonchev–Trinajstić information content (AvgIpc) is 2.87. The Morgan fingerprint density at radius 3 is 1.94 bits per heavy atom. The molecule has 0 aliphatic carbocycles. The van der Waals surface area contributed by atoms with Gasteiger partial charge in [-0.25, -0.2) is 8.42 Å². The number of carbonyl (C=O) groups excluding carboxylic acids is 1. The highest BCUT2D eigenvalue weighted by molar-refractivity contribution is 7.92. The van der Waals surface area contributed by atoms with Gasteiger partial charge in [-0.05, 0) is 30.2 Å². The molecule has 1 heterocycles. The lowest BCUT2D eigenvalue weighted by Crippen LogP contribution is -2.43. The number of benzene rings is 3. The third-order valence-electron chi connectivity index (χ3n) is 5.58. The minimum atomic E-state index is -3.72. The Labute approximate surface area is 200 Å². The zero-order valence-electron chi connectivity index (χ0n) is 19.1. The average molecular weight is 481 g/mol. The summed E-state index contributed by atoms with van der Waals surface area (Å²) in [7, 11) is -3.72. The second-order valence-corrected chi connectivity index (χ2v) is 10.1. The Morgan fingerprint density at radius 2 is 1.38 bits per heavy atom. The molecule has 0 atom stereocenters. The van der Waals surface area contributed by atoms with Gasteiger partial charge < -0.3 is 14.4 Å². The first-order valence-electron chi connectivity index (χ1n) is 11.2. The molecule has 34 heavy (non-hydrogen) atoms. The fourth-order valence-electron chi connectivity index (χ4n) is 3.76. The molecule has 0 bridgehead atoms. The Bertz CT molecular complexity index is 1170. The molecule has 8 heteroatoms. The van der Waals surface area contributed by atoms with Crippen molar-refractivity contribution >= 4 is 21.6 Å². The van der Waals surface area contributed by atoms with Gasteiger partial charge in [0, 0.05) is 19.2 Å². The van der Waals surface area contributed by atoms with Crippen LogP contribution in [0, 0.1) is 0 Å². The normalized spacial score (nSPS) is 12.7. The minimum Gasteiger partial charge on any atom is -0.486 e. The van der Waals surface area contributed by atoms with E-state index in [-0.39, 0.29) is 18.2 Å². The summed E-state index contributed by atoms with van der Waals surface area (Å²) in [6, 6.07) is 24.3. The van der Waals surface area contributed by atoms with Gasteiger partial charge >= 0.3 is 0 Å². The molecule has 0 saturated heterocycles. The summed E-state index contributed by atoms with van der Waals surface area (Å²) in [4.78, 5) is 15.2. The molecule has 178 valence electrons. The highest BCUT2D eigenvalue weighted by atomic mass is 32.2. The van der Waals surface area contributed by atoms with Crippen LogP contribution in [0.1, 0.15) is 18.1 Å². The van der Waals surface area contributed by atoms with Crippen molar-refractivity contribution in [2.24, 2.45) is 0 Å². The van der Waals surface area contributed by atoms with E-state index in [9.17, 15) is 13.2 Å². The van der Waals surface area contributed by atoms with Crippen LogP contribution in [0.25, 0.3) is 0 Å². The van der Waals surface area contributed by atoms with Crippen LogP contribution in [0.2, 0.25) is 0 Å². The molecule has 0 saturated carbocycles. The van der Waals surface area contributed by atoms with Crippen molar-refractivity contribution in [3.05, 3.63) is 90.0 Å². The van der Waals surface area contributed by atoms with E-state index in [2.05, 4.69) is 0 Å². The van der Waals surface area contributed by atoms with Crippen LogP contribution in [0.15, 0.2) is 78.9 Å². The van der Waals surface area contributed by atoms with Crippen molar-refractivity contribution in [3.8, 4) is 11.5 Å². The zero-order chi connectivity index (χ0) is 24.0. The summed E-state index contributed by atoms with van der Waals surface area (Å²) >= 11 is 0. The first-order valence-corrected chi connectivity index (χ1v) is 12.8. The Kier molecular flexibility index (Phi) is 7.37. The highest BCUT2D eigenvalue weighted by Crippen LogP contribution is 2.35. The third-order valence-corrected chi connectivity index (χ3v) is 7.32. The number of amides is 1. The number of ether oxygens (including phenoxy) is 2. The first-order chi connectivity index (χ1) is 16.5. The van der Waals surface area contributed by atoms with Crippen molar-refractivity contribution in [2.45, 2.75) is 20.0 Å². The lowest BCUT2D eigenvalue weighted by Gasteiger charge is -2.29. The monoisotopic (exact) mass is 480 g/mol. The quantitative estimate of drug-likeness (QED) is 0.465. The maximum absolute atomic E-state index is 13.6. The topological polar surface area (TPSA) is 76.2 Å². The van der Waals surface area contributed by atoms with Crippen LogP contribution in [0.5, 0.6) is 11.5 Å². The summed E-state index contributed by atoms with van der Waals surface area (Å²) in [6.45, 7) is 2.82. The first kappa shape index (κ1) is 23.6. The molecule has 1 aliphatic rings. The highest BCUT2D eigenvalue weighted by Gasteiger charge is 2.27. The summed E-state index contributed by atoms with van der Waals surface area (Å²) in [6.07, 6.45) is 0. The molecule has 1 aliphatic heterocycles. The van der Waals surface area contributed by atoms with Crippen molar-refractivity contribution < 1.29 is 22.7 Å². The zero-order valence-corrected chi connectivity index (χ0v) is 19.9. The molecule has 1 amide bonds. The number of sulfonamides is 1. The van der Waals surface area contributed by atoms with Crippen LogP contribution in [-0.4, -0.2) is 44.7 Å². The molecule has 0 spiro atoms. The largest absolute Gasteiger partial charge is 0.486 e. The molecule has 0 aromatic heterocycles. The van der Waals surface area contributed by atoms with Crippen LogP contribution in [-0.2, 0) is 27.9 Å². The van der Waals surface area contributed by atoms with Gasteiger partial charge in [0.05, 0.1) is 11.4 Å². The lowest BCUT2D eigenvalue weighted by molar-refractivity contribution is -0.130. The molecule has 4 rings (SSSR count). The second kappa shape index (κ2) is 10.6. The summed E-state index contributed by atoms with van der Waals surface area (Å²) in [5.41, 5.74) is 2.31. The molecule has 0 radical (unpaired) electrons. The standard InChI is InChI=1S/C26H28N2O5S/c1-2-34(30,31)28(23-13-14-24-25(17-23)33-16-15-32-24)20-26(29)27(18-21-9-5-3-6-10-21)19-22-11-7-4-8-12-22/h3-14,17H,2,15-16,18-20H2,1H3. The Morgan fingerprint density at radius 1 is 0.824 bits per heavy atom. The molecule has 3 aromatic rings. The van der Waals surface area contributed by atoms with Crippen LogP contribution >= 0.6 is 0 Å². The molecule has 7 nitrogen and oxygen atoms in total. The van der Waals surface area contributed by atoms with Crippen molar-refractivity contribution in [1.29, 1.82) is 0 Å². The van der Waals surface area contributed by atoms with E-state index in [4.69, 9.17) is 9.47 Å². The number of fused-ring (bicyclic) bond motifs is 1. The van der Waals surface area contributed by atoms with E-state index >= 15 is 0 Å². The lowest BCUT2D eigenvalue weighted by atomic mass is 10.1. The molecule has 0 N–H and O–H groups in total. The molecular formula is C26H28N2O5S. The van der Waals surface area contributed by atoms with Gasteiger partial charge in [0.15, 0.2) is 11.5 Å². The van der Waals surface area contributed by atoms with E-state index in [1.54, 1.807) is 30.0 Å². The number of rotatable bonds is 9. The predicted molar refractivity (Wildman–Crippen MR) is 131 cm³/mol. The minimum absolute atomic E-state index is 0.133. The van der Waals surface area contributed by atoms with Gasteiger partial charge in [-0.3, -0.25) is 9.10 Å². The van der Waals surface area contributed by atoms with Gasteiger partial charge in [-0.2, -0.15) is 0 Å². The van der Waals surface area contributed by atoms with Crippen molar-refractivity contribution in [2.75, 3.05) is 29.8 Å². The molecule has 0 unspecified atom stereocenters. The Balaban J connectivity index is 1.63. The maximum atomic E-state index is 13.6. The van der Waals surface area contributed by atoms with E-state index < -0.39 is 10.0 Å². The Hall–Kier alpha value is -3.52. The fraction of sp³-hybridized carbons (Fsp3) is 0.269. The fourth-order valence-corrected chi connectivity index (χ4v) is 4.81. The molecule has 0 fully saturated rings. The predicted octanol–water partition coefficient (Wildman–Crippen LogP) is 3.84. The number of hydrogen-bond acceptors (Lipinski definition) is 5. The molecular weight excluding hydrogens is 452 g/mol. The van der Waals surface area contributed by atoms with Gasteiger partial charge in [0.2, 0.25) is 15.9 Å². The van der Waals surface area contributed by atoms with E-state index in [1.807, 2.05) is 60.7 Å². The number of carbonyl (C=O) groups is 1. The van der Waals surface area contributed by atoms with Crippen LogP contribution in [0.4, 0.5) is 5.69 Å². The molecule has 3 aromatic carbocycles. The SMILES string of the molecule is CCS(=O)(=O)N(CC(=O)N(Cc1ccccc1)Cc1ccccc1)c1ccc2c(c1)OCCO2. The van der Waals surface area contributed by atoms with Crippen molar-refractivity contribution in [3.63, 3.8) is 0 Å². The number of nitrogens with zero attached hydrogens (tertiary/aromatic N) is 2. The van der Waals surface area contributed by atoms with Gasteiger partial charge in [0.1, 0.15) is 19.8 Å². The van der Waals surface area contributed by atoms with E-state index in [0.29, 0.717) is 43.5 Å². The van der Waals surface area contributed by atoms with Crippen LogP contribution in [0.3, 0.4) is 0 Å². The van der Waals surface area contributed by atoms with E-state index in [1.165, 1.54) is 0 Å². The maximum Gasteiger partial charge on any atom is 0.243 e. The number of hydrogen-bond donors (Lipinski definition) is 0. The summed E-state index contributed by atoms with van der Waals surface area (Å²) < 4.78 is 38.4. The van der Waals surface area contributed by atoms with Gasteiger partial charge in [0.25, 0.3) is 0 Å². The van der Waals surface area contributed by atoms with Crippen LogP contribution < -0.4 is 13.8 Å². The van der Waals surface area contributed by atoms with Gasteiger partial charge in [-0.15, -0.1) is 0 Å². The summed E-state index contributed by atoms with van der Waals surface area (Å²) in [5.74, 6) is 0.606.